The zero-order valence-electron chi connectivity index (χ0n) is 18.6. The van der Waals surface area contributed by atoms with Crippen molar-refractivity contribution in [1.29, 1.82) is 0 Å². The van der Waals surface area contributed by atoms with E-state index in [-0.39, 0.29) is 0 Å². The van der Waals surface area contributed by atoms with Crippen LogP contribution in [0.5, 0.6) is 17.2 Å². The highest BCUT2D eigenvalue weighted by Crippen LogP contribution is 2.27. The Morgan fingerprint density at radius 3 is 2.06 bits per heavy atom. The third kappa shape index (κ3) is 6.09. The van der Waals surface area contributed by atoms with E-state index in [0.29, 0.717) is 25.2 Å². The molecule has 0 aromatic heterocycles. The van der Waals surface area contributed by atoms with Gasteiger partial charge >= 0.3 is 0 Å². The summed E-state index contributed by atoms with van der Waals surface area (Å²) in [6.45, 7) is 0.965. The molecule has 166 valence electrons. The molecule has 0 aliphatic carbocycles. The third-order valence-corrected chi connectivity index (χ3v) is 5.28. The minimum Gasteiger partial charge on any atom is -0.491 e. The number of carbonyl (C=O) groups excluding carboxylic acids is 1. The van der Waals surface area contributed by atoms with Gasteiger partial charge in [-0.3, -0.25) is 4.79 Å². The molecule has 0 atom stereocenters. The van der Waals surface area contributed by atoms with Crippen LogP contribution in [0.3, 0.4) is 0 Å². The van der Waals surface area contributed by atoms with E-state index in [1.807, 2.05) is 66.7 Å². The average Bonchev–Trinajstić information content (AvgIpc) is 2.87. The predicted molar refractivity (Wildman–Crippen MR) is 130 cm³/mol. The van der Waals surface area contributed by atoms with Crippen LogP contribution in [0.1, 0.15) is 21.5 Å². The fourth-order valence-electron chi connectivity index (χ4n) is 3.56. The highest BCUT2D eigenvalue weighted by molar-refractivity contribution is 5.75. The van der Waals surface area contributed by atoms with Gasteiger partial charge in [0.15, 0.2) is 0 Å². The standard InChI is InChI=1S/C29H26O4/c1-31-17-18-32-29-16-9-23(21-30)20-26(29)19-22-7-12-27(13-8-22)33-28-14-10-25(11-15-28)24-5-3-2-4-6-24/h2-16,20-21H,17-19H2,1H3. The lowest BCUT2D eigenvalue weighted by molar-refractivity contribution is 0.112. The first kappa shape index (κ1) is 22.3. The minimum atomic E-state index is 0.458. The number of carbonyl (C=O) groups is 1. The smallest absolute Gasteiger partial charge is 0.150 e. The molecule has 0 amide bonds. The number of methoxy groups -OCH3 is 1. The highest BCUT2D eigenvalue weighted by atomic mass is 16.5. The van der Waals surface area contributed by atoms with E-state index < -0.39 is 0 Å². The van der Waals surface area contributed by atoms with Crippen molar-refractivity contribution in [3.8, 4) is 28.4 Å². The van der Waals surface area contributed by atoms with E-state index in [0.717, 1.165) is 40.2 Å². The molecule has 4 aromatic carbocycles. The van der Waals surface area contributed by atoms with Crippen LogP contribution in [0.4, 0.5) is 0 Å². The second kappa shape index (κ2) is 11.1. The van der Waals surface area contributed by atoms with Crippen molar-refractivity contribution in [3.05, 3.63) is 114 Å². The fraction of sp³-hybridized carbons (Fsp3) is 0.138. The maximum absolute atomic E-state index is 11.2. The van der Waals surface area contributed by atoms with Gasteiger partial charge in [0, 0.05) is 19.1 Å². The van der Waals surface area contributed by atoms with Crippen LogP contribution in [-0.4, -0.2) is 26.6 Å². The van der Waals surface area contributed by atoms with Gasteiger partial charge in [0.2, 0.25) is 0 Å². The lowest BCUT2D eigenvalue weighted by Gasteiger charge is -2.13. The molecule has 0 bridgehead atoms. The van der Waals surface area contributed by atoms with Crippen LogP contribution in [0.2, 0.25) is 0 Å². The van der Waals surface area contributed by atoms with E-state index >= 15 is 0 Å². The average molecular weight is 439 g/mol. The second-order valence-electron chi connectivity index (χ2n) is 7.64. The summed E-state index contributed by atoms with van der Waals surface area (Å²) in [5.74, 6) is 2.32. The van der Waals surface area contributed by atoms with E-state index in [2.05, 4.69) is 24.3 Å². The zero-order valence-corrected chi connectivity index (χ0v) is 18.6. The van der Waals surface area contributed by atoms with Gasteiger partial charge in [0.1, 0.15) is 30.1 Å². The predicted octanol–water partition coefficient (Wildman–Crippen LogP) is 6.57. The maximum atomic E-state index is 11.2. The number of hydrogen-bond donors (Lipinski definition) is 0. The van der Waals surface area contributed by atoms with Crippen LogP contribution >= 0.6 is 0 Å². The van der Waals surface area contributed by atoms with E-state index in [4.69, 9.17) is 14.2 Å². The monoisotopic (exact) mass is 438 g/mol. The summed E-state index contributed by atoms with van der Waals surface area (Å²) in [4.78, 5) is 11.2. The molecular weight excluding hydrogens is 412 g/mol. The van der Waals surface area contributed by atoms with Crippen molar-refractivity contribution in [2.45, 2.75) is 6.42 Å². The van der Waals surface area contributed by atoms with E-state index in [9.17, 15) is 4.79 Å². The van der Waals surface area contributed by atoms with Crippen LogP contribution in [0.25, 0.3) is 11.1 Å². The molecule has 4 nitrogen and oxygen atoms in total. The molecule has 0 heterocycles. The van der Waals surface area contributed by atoms with Crippen molar-refractivity contribution >= 4 is 6.29 Å². The Morgan fingerprint density at radius 2 is 1.39 bits per heavy atom. The molecule has 0 saturated heterocycles. The van der Waals surface area contributed by atoms with Crippen molar-refractivity contribution < 1.29 is 19.0 Å². The van der Waals surface area contributed by atoms with Crippen molar-refractivity contribution in [2.24, 2.45) is 0 Å². The first-order valence-corrected chi connectivity index (χ1v) is 10.9. The first-order chi connectivity index (χ1) is 16.2. The third-order valence-electron chi connectivity index (χ3n) is 5.28. The molecule has 0 spiro atoms. The van der Waals surface area contributed by atoms with Crippen LogP contribution in [0.15, 0.2) is 97.1 Å². The quantitative estimate of drug-likeness (QED) is 0.207. The van der Waals surface area contributed by atoms with Gasteiger partial charge in [-0.15, -0.1) is 0 Å². The van der Waals surface area contributed by atoms with Gasteiger partial charge in [-0.1, -0.05) is 54.6 Å². The van der Waals surface area contributed by atoms with Crippen molar-refractivity contribution in [2.75, 3.05) is 20.3 Å². The molecule has 0 saturated carbocycles. The number of aldehydes is 1. The van der Waals surface area contributed by atoms with Crippen molar-refractivity contribution in [1.82, 2.24) is 0 Å². The normalized spacial score (nSPS) is 10.6. The summed E-state index contributed by atoms with van der Waals surface area (Å²) >= 11 is 0. The SMILES string of the molecule is COCCOc1ccc(C=O)cc1Cc1ccc(Oc2ccc(-c3ccccc3)cc2)cc1. The van der Waals surface area contributed by atoms with Gasteiger partial charge in [0.05, 0.1) is 6.61 Å². The van der Waals surface area contributed by atoms with Gasteiger partial charge in [-0.2, -0.15) is 0 Å². The Bertz CT molecular complexity index is 1170. The summed E-state index contributed by atoms with van der Waals surface area (Å²) in [5.41, 5.74) is 5.02. The lowest BCUT2D eigenvalue weighted by atomic mass is 10.0. The largest absolute Gasteiger partial charge is 0.491 e. The van der Waals surface area contributed by atoms with Gasteiger partial charge in [0.25, 0.3) is 0 Å². The molecule has 0 unspecified atom stereocenters. The summed E-state index contributed by atoms with van der Waals surface area (Å²) in [7, 11) is 1.64. The van der Waals surface area contributed by atoms with Gasteiger partial charge < -0.3 is 14.2 Å². The summed E-state index contributed by atoms with van der Waals surface area (Å²) in [6.07, 6.45) is 1.50. The Kier molecular flexibility index (Phi) is 7.52. The number of benzene rings is 4. The van der Waals surface area contributed by atoms with E-state index in [1.54, 1.807) is 13.2 Å². The van der Waals surface area contributed by atoms with E-state index in [1.165, 1.54) is 5.56 Å². The van der Waals surface area contributed by atoms with Crippen LogP contribution in [-0.2, 0) is 11.2 Å². The topological polar surface area (TPSA) is 44.8 Å². The van der Waals surface area contributed by atoms with Gasteiger partial charge in [-0.05, 0) is 64.7 Å². The summed E-state index contributed by atoms with van der Waals surface area (Å²) in [6, 6.07) is 31.8. The second-order valence-corrected chi connectivity index (χ2v) is 7.64. The van der Waals surface area contributed by atoms with Crippen LogP contribution < -0.4 is 9.47 Å². The Morgan fingerprint density at radius 1 is 0.727 bits per heavy atom. The molecule has 0 radical (unpaired) electrons. The Hall–Kier alpha value is -3.89. The summed E-state index contributed by atoms with van der Waals surface area (Å²) < 4.78 is 16.9. The highest BCUT2D eigenvalue weighted by Gasteiger charge is 2.08. The minimum absolute atomic E-state index is 0.458. The summed E-state index contributed by atoms with van der Waals surface area (Å²) in [5, 5.41) is 0. The van der Waals surface area contributed by atoms with Gasteiger partial charge in [-0.25, -0.2) is 0 Å². The molecule has 0 fully saturated rings. The molecule has 0 aliphatic heterocycles. The molecular formula is C29H26O4. The molecule has 33 heavy (non-hydrogen) atoms. The molecule has 4 rings (SSSR count). The fourth-order valence-corrected chi connectivity index (χ4v) is 3.56. The molecule has 4 heteroatoms. The Balaban J connectivity index is 1.43. The number of hydrogen-bond acceptors (Lipinski definition) is 4. The molecule has 0 aliphatic rings. The number of ether oxygens (including phenoxy) is 3. The van der Waals surface area contributed by atoms with Crippen LogP contribution in [0, 0.1) is 0 Å². The zero-order chi connectivity index (χ0) is 22.9. The maximum Gasteiger partial charge on any atom is 0.150 e. The molecule has 4 aromatic rings. The number of rotatable bonds is 10. The first-order valence-electron chi connectivity index (χ1n) is 10.9. The molecule has 0 N–H and O–H groups in total. The Labute approximate surface area is 194 Å². The lowest BCUT2D eigenvalue weighted by Crippen LogP contribution is -2.06. The van der Waals surface area contributed by atoms with Crippen molar-refractivity contribution in [3.63, 3.8) is 0 Å².